The highest BCUT2D eigenvalue weighted by atomic mass is 32.2. The number of hydrogen-bond acceptors (Lipinski definition) is 4. The number of phenolic OH excluding ortho intramolecular Hbond substituents is 2. The molecule has 0 amide bonds. The highest BCUT2D eigenvalue weighted by Gasteiger charge is 2.52. The molecule has 0 radical (unpaired) electrons. The molecule has 4 fully saturated rings. The van der Waals surface area contributed by atoms with Crippen LogP contribution in [0.1, 0.15) is 49.7 Å². The molecule has 0 aliphatic heterocycles. The monoisotopic (exact) mass is 489 g/mol. The maximum atomic E-state index is 13.3. The molecule has 0 atom stereocenters. The van der Waals surface area contributed by atoms with Crippen LogP contribution in [0.2, 0.25) is 0 Å². The molecule has 7 rings (SSSR count). The second kappa shape index (κ2) is 8.02. The summed E-state index contributed by atoms with van der Waals surface area (Å²) < 4.78 is 29.3. The molecule has 0 heterocycles. The van der Waals surface area contributed by atoms with Crippen LogP contribution in [0.25, 0.3) is 11.1 Å². The first-order chi connectivity index (χ1) is 16.7. The number of nitrogens with one attached hydrogen (secondary N) is 1. The maximum Gasteiger partial charge on any atom is 0.261 e. The Morgan fingerprint density at radius 2 is 1.46 bits per heavy atom. The fourth-order valence-electron chi connectivity index (χ4n) is 7.41. The molecule has 4 aliphatic carbocycles. The van der Waals surface area contributed by atoms with Crippen LogP contribution in [-0.2, 0) is 15.4 Å². The Balaban J connectivity index is 1.32. The minimum Gasteiger partial charge on any atom is -0.508 e. The molecule has 3 aromatic carbocycles. The van der Waals surface area contributed by atoms with Crippen LogP contribution in [0.15, 0.2) is 65.6 Å². The summed E-state index contributed by atoms with van der Waals surface area (Å²) in [5.74, 6) is 2.47. The van der Waals surface area contributed by atoms with Gasteiger partial charge in [0.1, 0.15) is 11.5 Å². The van der Waals surface area contributed by atoms with Gasteiger partial charge in [-0.3, -0.25) is 4.72 Å². The number of rotatable bonds is 5. The number of anilines is 1. The van der Waals surface area contributed by atoms with Crippen LogP contribution >= 0.6 is 0 Å². The van der Waals surface area contributed by atoms with E-state index in [0.717, 1.165) is 53.7 Å². The number of benzene rings is 3. The molecule has 0 saturated heterocycles. The molecule has 5 nitrogen and oxygen atoms in total. The van der Waals surface area contributed by atoms with Crippen molar-refractivity contribution >= 4 is 15.7 Å². The Bertz CT molecular complexity index is 1360. The van der Waals surface area contributed by atoms with Gasteiger partial charge in [-0.05, 0) is 104 Å². The van der Waals surface area contributed by atoms with Crippen molar-refractivity contribution in [1.29, 1.82) is 0 Å². The van der Waals surface area contributed by atoms with E-state index in [2.05, 4.69) is 4.72 Å². The van der Waals surface area contributed by atoms with Crippen molar-refractivity contribution in [2.75, 3.05) is 4.72 Å². The van der Waals surface area contributed by atoms with Crippen molar-refractivity contribution in [2.45, 2.75) is 55.8 Å². The smallest absolute Gasteiger partial charge is 0.261 e. The van der Waals surface area contributed by atoms with E-state index >= 15 is 0 Å². The first kappa shape index (κ1) is 22.5. The molecule has 4 bridgehead atoms. The Hall–Kier alpha value is -2.99. The predicted octanol–water partition coefficient (Wildman–Crippen LogP) is 6.34. The summed E-state index contributed by atoms with van der Waals surface area (Å²) in [6.07, 6.45) is 7.38. The standard InChI is InChI=1S/C29H31NO4S/c1-18-9-25(29-15-19-10-20(16-29)12-21(11-19)17-29)28(32)14-26(18)30-35(33,34)23-7-8-27(31)24(13-23)22-5-3-2-4-6-22/h2-9,13-14,19-21,30-32H,10-12,15-17H2,1H3. The minimum atomic E-state index is -3.93. The van der Waals surface area contributed by atoms with Gasteiger partial charge < -0.3 is 10.2 Å². The average molecular weight is 490 g/mol. The van der Waals surface area contributed by atoms with Gasteiger partial charge >= 0.3 is 0 Å². The van der Waals surface area contributed by atoms with Crippen molar-refractivity contribution in [1.82, 2.24) is 0 Å². The predicted molar refractivity (Wildman–Crippen MR) is 137 cm³/mol. The fourth-order valence-corrected chi connectivity index (χ4v) is 8.55. The third-order valence-electron chi connectivity index (χ3n) is 8.56. The topological polar surface area (TPSA) is 86.6 Å². The van der Waals surface area contributed by atoms with Crippen LogP contribution in [0.3, 0.4) is 0 Å². The van der Waals surface area contributed by atoms with Crippen molar-refractivity contribution in [2.24, 2.45) is 17.8 Å². The van der Waals surface area contributed by atoms with Gasteiger partial charge in [0.05, 0.1) is 10.6 Å². The molecule has 4 saturated carbocycles. The first-order valence-electron chi connectivity index (χ1n) is 12.5. The normalized spacial score (nSPS) is 27.2. The van der Waals surface area contributed by atoms with Crippen LogP contribution in [0.4, 0.5) is 5.69 Å². The van der Waals surface area contributed by atoms with E-state index in [-0.39, 0.29) is 21.8 Å². The molecule has 0 unspecified atom stereocenters. The molecular formula is C29H31NO4S. The third-order valence-corrected chi connectivity index (χ3v) is 9.92. The summed E-state index contributed by atoms with van der Waals surface area (Å²) in [6, 6.07) is 17.1. The molecule has 3 aromatic rings. The fraction of sp³-hybridized carbons (Fsp3) is 0.379. The summed E-state index contributed by atoms with van der Waals surface area (Å²) in [4.78, 5) is 0.0539. The van der Waals surface area contributed by atoms with E-state index in [4.69, 9.17) is 0 Å². The van der Waals surface area contributed by atoms with Crippen LogP contribution < -0.4 is 4.72 Å². The summed E-state index contributed by atoms with van der Waals surface area (Å²) in [6.45, 7) is 1.90. The van der Waals surface area contributed by atoms with Crippen LogP contribution in [0.5, 0.6) is 11.5 Å². The number of phenols is 2. The number of aromatic hydroxyl groups is 2. The summed E-state index contributed by atoms with van der Waals surface area (Å²) >= 11 is 0. The molecule has 3 N–H and O–H groups in total. The highest BCUT2D eigenvalue weighted by Crippen LogP contribution is 2.62. The Kier molecular flexibility index (Phi) is 5.15. The van der Waals surface area contributed by atoms with Gasteiger partial charge in [-0.1, -0.05) is 30.3 Å². The van der Waals surface area contributed by atoms with Gasteiger partial charge in [-0.15, -0.1) is 0 Å². The van der Waals surface area contributed by atoms with Gasteiger partial charge in [0.25, 0.3) is 10.0 Å². The summed E-state index contributed by atoms with van der Waals surface area (Å²) in [5.41, 5.74) is 3.39. The lowest BCUT2D eigenvalue weighted by molar-refractivity contribution is -0.00614. The lowest BCUT2D eigenvalue weighted by Crippen LogP contribution is -2.48. The lowest BCUT2D eigenvalue weighted by atomic mass is 9.48. The van der Waals surface area contributed by atoms with E-state index in [0.29, 0.717) is 11.3 Å². The molecular weight excluding hydrogens is 458 g/mol. The number of sulfonamides is 1. The van der Waals surface area contributed by atoms with Crippen LogP contribution in [-0.4, -0.2) is 18.6 Å². The molecule has 0 spiro atoms. The number of aryl methyl sites for hydroxylation is 1. The van der Waals surface area contributed by atoms with Gasteiger partial charge in [0, 0.05) is 17.2 Å². The zero-order valence-electron chi connectivity index (χ0n) is 19.9. The molecule has 182 valence electrons. The van der Waals surface area contributed by atoms with Crippen molar-refractivity contribution in [3.63, 3.8) is 0 Å². The van der Waals surface area contributed by atoms with E-state index in [1.54, 1.807) is 6.07 Å². The van der Waals surface area contributed by atoms with Crippen LogP contribution in [0, 0.1) is 24.7 Å². The van der Waals surface area contributed by atoms with Gasteiger partial charge in [-0.25, -0.2) is 8.42 Å². The van der Waals surface area contributed by atoms with E-state index in [9.17, 15) is 18.6 Å². The molecule has 0 aromatic heterocycles. The van der Waals surface area contributed by atoms with E-state index in [1.807, 2.05) is 43.3 Å². The Labute approximate surface area is 206 Å². The van der Waals surface area contributed by atoms with E-state index < -0.39 is 10.0 Å². The Morgan fingerprint density at radius 3 is 2.09 bits per heavy atom. The second-order valence-electron chi connectivity index (χ2n) is 11.0. The van der Waals surface area contributed by atoms with Gasteiger partial charge in [0.2, 0.25) is 0 Å². The summed E-state index contributed by atoms with van der Waals surface area (Å²) in [5, 5.41) is 21.4. The first-order valence-corrected chi connectivity index (χ1v) is 14.0. The molecule has 35 heavy (non-hydrogen) atoms. The van der Waals surface area contributed by atoms with E-state index in [1.165, 1.54) is 37.5 Å². The zero-order valence-corrected chi connectivity index (χ0v) is 20.7. The number of hydrogen-bond donors (Lipinski definition) is 3. The van der Waals surface area contributed by atoms with Crippen molar-refractivity contribution in [3.8, 4) is 22.6 Å². The quantitative estimate of drug-likeness (QED) is 0.390. The average Bonchev–Trinajstić information content (AvgIpc) is 2.81. The highest BCUT2D eigenvalue weighted by molar-refractivity contribution is 7.92. The zero-order chi connectivity index (χ0) is 24.4. The largest absolute Gasteiger partial charge is 0.508 e. The lowest BCUT2D eigenvalue weighted by Gasteiger charge is -2.57. The van der Waals surface area contributed by atoms with Gasteiger partial charge in [-0.2, -0.15) is 0 Å². The molecule has 6 heteroatoms. The second-order valence-corrected chi connectivity index (χ2v) is 12.7. The van der Waals surface area contributed by atoms with Gasteiger partial charge in [0.15, 0.2) is 0 Å². The minimum absolute atomic E-state index is 0.0175. The summed E-state index contributed by atoms with van der Waals surface area (Å²) in [7, 11) is -3.93. The third kappa shape index (κ3) is 3.88. The van der Waals surface area contributed by atoms with Crippen molar-refractivity contribution < 1.29 is 18.6 Å². The SMILES string of the molecule is Cc1cc(C23CC4CC(CC(C4)C2)C3)c(O)cc1NS(=O)(=O)c1ccc(O)c(-c2ccccc2)c1. The van der Waals surface area contributed by atoms with Crippen molar-refractivity contribution in [3.05, 3.63) is 71.8 Å². The molecule has 4 aliphatic rings. The Morgan fingerprint density at radius 1 is 0.829 bits per heavy atom. The maximum absolute atomic E-state index is 13.3.